The van der Waals surface area contributed by atoms with E-state index in [1.807, 2.05) is 9.80 Å². The first-order valence-electron chi connectivity index (χ1n) is 14.3. The van der Waals surface area contributed by atoms with Crippen molar-refractivity contribution in [2.24, 2.45) is 0 Å². The number of carbonyl (C=O) groups is 2. The van der Waals surface area contributed by atoms with Gasteiger partial charge in [0, 0.05) is 44.7 Å². The third kappa shape index (κ3) is 6.21. The van der Waals surface area contributed by atoms with Gasteiger partial charge in [0.2, 0.25) is 11.8 Å². The molecule has 0 aliphatic carbocycles. The highest BCUT2D eigenvalue weighted by Gasteiger charge is 2.42. The maximum Gasteiger partial charge on any atom is 0.416 e. The lowest BCUT2D eigenvalue weighted by molar-refractivity contribution is -0.143. The summed E-state index contributed by atoms with van der Waals surface area (Å²) in [6.45, 7) is 5.76. The molecule has 0 saturated carbocycles. The van der Waals surface area contributed by atoms with Crippen LogP contribution in [0.5, 0.6) is 0 Å². The molecule has 3 aromatic rings. The summed E-state index contributed by atoms with van der Waals surface area (Å²) in [5, 5.41) is 0. The summed E-state index contributed by atoms with van der Waals surface area (Å²) >= 11 is 0. The number of piperazine rings is 1. The van der Waals surface area contributed by atoms with Gasteiger partial charge in [-0.1, -0.05) is 6.07 Å². The Morgan fingerprint density at radius 3 is 2.13 bits per heavy atom. The summed E-state index contributed by atoms with van der Waals surface area (Å²) in [7, 11) is 1.37. The van der Waals surface area contributed by atoms with Gasteiger partial charge in [-0.2, -0.15) is 26.3 Å². The molecule has 2 saturated heterocycles. The average Bonchev–Trinajstić information content (AvgIpc) is 3.34. The second-order valence-corrected chi connectivity index (χ2v) is 12.0. The highest BCUT2D eigenvalue weighted by Crippen LogP contribution is 2.41. The van der Waals surface area contributed by atoms with E-state index in [1.165, 1.54) is 45.3 Å². The number of fused-ring (bicyclic) bond motifs is 1. The third-order valence-corrected chi connectivity index (χ3v) is 8.68. The van der Waals surface area contributed by atoms with Crippen molar-refractivity contribution in [3.05, 3.63) is 76.7 Å². The molecule has 13 heteroatoms. The zero-order chi connectivity index (χ0) is 33.1. The van der Waals surface area contributed by atoms with Gasteiger partial charge < -0.3 is 14.7 Å². The number of nitrogens with zero attached hydrogens (tertiary/aromatic N) is 4. The molecule has 6 nitrogen and oxygen atoms in total. The third-order valence-electron chi connectivity index (χ3n) is 8.68. The summed E-state index contributed by atoms with van der Waals surface area (Å²) in [6.07, 6.45) is -7.54. The number of rotatable bonds is 5. The van der Waals surface area contributed by atoms with E-state index in [2.05, 4.69) is 4.98 Å². The molecule has 2 aliphatic heterocycles. The van der Waals surface area contributed by atoms with Gasteiger partial charge in [-0.25, -0.2) is 9.37 Å². The van der Waals surface area contributed by atoms with Crippen molar-refractivity contribution in [3.63, 3.8) is 0 Å². The van der Waals surface area contributed by atoms with Crippen LogP contribution in [0.2, 0.25) is 0 Å². The summed E-state index contributed by atoms with van der Waals surface area (Å²) in [5.74, 6) is -0.617. The maximum atomic E-state index is 14.1. The zero-order valence-corrected chi connectivity index (χ0v) is 25.0. The zero-order valence-electron chi connectivity index (χ0n) is 25.0. The van der Waals surface area contributed by atoms with Gasteiger partial charge in [-0.15, -0.1) is 0 Å². The predicted octanol–water partition coefficient (Wildman–Crippen LogP) is 6.99. The molecule has 240 valence electrons. The molecule has 2 amide bonds. The number of anilines is 2. The Labute approximate surface area is 255 Å². The van der Waals surface area contributed by atoms with Crippen LogP contribution in [0.4, 0.5) is 42.2 Å². The lowest BCUT2D eigenvalue weighted by Gasteiger charge is -2.38. The number of aryl methyl sites for hydroxylation is 1. The van der Waals surface area contributed by atoms with Crippen molar-refractivity contribution >= 4 is 23.3 Å². The van der Waals surface area contributed by atoms with Crippen LogP contribution in [0.25, 0.3) is 11.1 Å². The predicted molar refractivity (Wildman–Crippen MR) is 154 cm³/mol. The first-order valence-corrected chi connectivity index (χ1v) is 14.3. The van der Waals surface area contributed by atoms with Gasteiger partial charge in [0.25, 0.3) is 0 Å². The number of likely N-dealkylation sites (N-methyl/N-ethyl adjacent to an activating group) is 1. The topological polar surface area (TPSA) is 56.8 Å². The molecule has 2 fully saturated rings. The largest absolute Gasteiger partial charge is 0.416 e. The number of aromatic nitrogens is 1. The number of amides is 2. The first-order chi connectivity index (χ1) is 20.9. The van der Waals surface area contributed by atoms with Crippen molar-refractivity contribution in [2.45, 2.75) is 57.4 Å². The van der Waals surface area contributed by atoms with Crippen LogP contribution in [0.15, 0.2) is 48.7 Å². The minimum atomic E-state index is -5.08. The standard InChI is InChI=1S/C32H31F7N4O2/c1-18-11-22(33)5-7-24(18)25-15-27(42-9-10-43-23(17-42)6-8-28(43)44)40-16-26(25)41(4)29(45)30(2,3)19-12-20(31(34,35)36)14-21(13-19)32(37,38)39/h5,7,11-16,23H,6,8-10,17H2,1-4H3/t23-/m0/s1. The van der Waals surface area contributed by atoms with E-state index in [0.717, 1.165) is 11.3 Å². The molecular formula is C32H31F7N4O2. The van der Waals surface area contributed by atoms with E-state index in [9.17, 15) is 40.3 Å². The number of carbonyl (C=O) groups excluding carboxylic acids is 2. The number of pyridine rings is 1. The quantitative estimate of drug-likeness (QED) is 0.284. The van der Waals surface area contributed by atoms with Gasteiger partial charge in [-0.05, 0) is 80.3 Å². The summed E-state index contributed by atoms with van der Waals surface area (Å²) < 4.78 is 95.8. The van der Waals surface area contributed by atoms with Gasteiger partial charge in [0.15, 0.2) is 0 Å². The lowest BCUT2D eigenvalue weighted by Crippen LogP contribution is -2.51. The molecule has 0 N–H and O–H groups in total. The van der Waals surface area contributed by atoms with Crippen LogP contribution in [0, 0.1) is 12.7 Å². The molecular weight excluding hydrogens is 605 g/mol. The summed E-state index contributed by atoms with van der Waals surface area (Å²) in [4.78, 5) is 35.7. The van der Waals surface area contributed by atoms with Crippen molar-refractivity contribution in [3.8, 4) is 11.1 Å². The van der Waals surface area contributed by atoms with Crippen LogP contribution in [-0.4, -0.2) is 54.4 Å². The number of alkyl halides is 6. The van der Waals surface area contributed by atoms with Gasteiger partial charge in [-0.3, -0.25) is 9.59 Å². The van der Waals surface area contributed by atoms with E-state index < -0.39 is 46.2 Å². The SMILES string of the molecule is Cc1cc(F)ccc1-c1cc(N2CCN3C(=O)CC[C@H]3C2)ncc1N(C)C(=O)C(C)(C)c1cc(C(F)(F)F)cc(C(F)(F)F)c1. The van der Waals surface area contributed by atoms with Crippen LogP contribution in [0.3, 0.4) is 0 Å². The molecule has 2 aliphatic rings. The Bertz CT molecular complexity index is 1620. The fraction of sp³-hybridized carbons (Fsp3) is 0.406. The van der Waals surface area contributed by atoms with E-state index in [0.29, 0.717) is 60.7 Å². The normalized spacial score (nSPS) is 17.5. The smallest absolute Gasteiger partial charge is 0.353 e. The first kappa shape index (κ1) is 32.2. The molecule has 3 heterocycles. The molecule has 1 aromatic heterocycles. The van der Waals surface area contributed by atoms with Crippen LogP contribution in [0.1, 0.15) is 48.9 Å². The molecule has 1 atom stereocenters. The Morgan fingerprint density at radius 2 is 1.53 bits per heavy atom. The highest BCUT2D eigenvalue weighted by atomic mass is 19.4. The fourth-order valence-electron chi connectivity index (χ4n) is 6.06. The Balaban J connectivity index is 1.56. The van der Waals surface area contributed by atoms with Crippen molar-refractivity contribution in [1.82, 2.24) is 9.88 Å². The number of hydrogen-bond acceptors (Lipinski definition) is 4. The second-order valence-electron chi connectivity index (χ2n) is 12.0. The molecule has 0 radical (unpaired) electrons. The highest BCUT2D eigenvalue weighted by molar-refractivity contribution is 6.03. The van der Waals surface area contributed by atoms with Crippen LogP contribution < -0.4 is 9.80 Å². The molecule has 0 spiro atoms. The van der Waals surface area contributed by atoms with Gasteiger partial charge in [0.05, 0.1) is 28.4 Å². The monoisotopic (exact) mass is 636 g/mol. The maximum absolute atomic E-state index is 14.1. The van der Waals surface area contributed by atoms with Crippen molar-refractivity contribution in [2.75, 3.05) is 36.5 Å². The summed E-state index contributed by atoms with van der Waals surface area (Å²) in [5.41, 5.74) is -3.56. The van der Waals surface area contributed by atoms with E-state index in [-0.39, 0.29) is 23.7 Å². The second kappa shape index (κ2) is 11.3. The van der Waals surface area contributed by atoms with Crippen molar-refractivity contribution < 1.29 is 40.3 Å². The minimum Gasteiger partial charge on any atom is -0.353 e. The lowest BCUT2D eigenvalue weighted by atomic mass is 9.81. The molecule has 0 bridgehead atoms. The van der Waals surface area contributed by atoms with Gasteiger partial charge in [0.1, 0.15) is 11.6 Å². The summed E-state index contributed by atoms with van der Waals surface area (Å²) in [6, 6.07) is 6.99. The molecule has 5 rings (SSSR count). The molecule has 45 heavy (non-hydrogen) atoms. The molecule has 2 aromatic carbocycles. The molecule has 0 unspecified atom stereocenters. The minimum absolute atomic E-state index is 0.0210. The fourth-order valence-corrected chi connectivity index (χ4v) is 6.06. The van der Waals surface area contributed by atoms with Crippen LogP contribution in [-0.2, 0) is 27.4 Å². The Morgan fingerprint density at radius 1 is 0.911 bits per heavy atom. The number of halogens is 7. The number of hydrogen-bond donors (Lipinski definition) is 0. The Kier molecular flexibility index (Phi) is 8.12. The van der Waals surface area contributed by atoms with E-state index in [4.69, 9.17) is 0 Å². The Hall–Kier alpha value is -4.16. The average molecular weight is 637 g/mol. The van der Waals surface area contributed by atoms with E-state index in [1.54, 1.807) is 13.0 Å². The number of benzene rings is 2. The van der Waals surface area contributed by atoms with Crippen LogP contribution >= 0.6 is 0 Å². The van der Waals surface area contributed by atoms with Crippen molar-refractivity contribution in [1.29, 1.82) is 0 Å². The van der Waals surface area contributed by atoms with Gasteiger partial charge >= 0.3 is 12.4 Å². The van der Waals surface area contributed by atoms with E-state index >= 15 is 0 Å².